The summed E-state index contributed by atoms with van der Waals surface area (Å²) in [5.74, 6) is 7.27. The summed E-state index contributed by atoms with van der Waals surface area (Å²) in [5, 5.41) is 0.141. The van der Waals surface area contributed by atoms with Crippen LogP contribution in [-0.2, 0) is 11.3 Å². The molecule has 2 N–H and O–H groups in total. The Labute approximate surface area is 124 Å². The fourth-order valence-electron chi connectivity index (χ4n) is 2.28. The smallest absolute Gasteiger partial charge is 0.235 e. The molecule has 1 saturated heterocycles. The Hall–Kier alpha value is -1.44. The van der Waals surface area contributed by atoms with E-state index in [0.29, 0.717) is 13.1 Å². The van der Waals surface area contributed by atoms with Crippen molar-refractivity contribution in [2.75, 3.05) is 19.3 Å². The van der Waals surface area contributed by atoms with Crippen LogP contribution in [0.3, 0.4) is 0 Å². The number of benzene rings is 1. The van der Waals surface area contributed by atoms with Crippen molar-refractivity contribution < 1.29 is 4.79 Å². The number of hydrogen-bond acceptors (Lipinski definition) is 3. The number of thioether (sulfide) groups is 1. The molecule has 1 aliphatic heterocycles. The third kappa shape index (κ3) is 3.78. The van der Waals surface area contributed by atoms with Crippen LogP contribution < -0.4 is 5.73 Å². The second-order valence-electron chi connectivity index (χ2n) is 4.86. The monoisotopic (exact) mass is 288 g/mol. The number of nitrogens with zero attached hydrogens (tertiary/aromatic N) is 1. The molecule has 4 heteroatoms. The second kappa shape index (κ2) is 7.37. The standard InChI is InChI=1S/C16H20N2OS/c1-18(16(19)15-9-5-11-20-15)12-14-7-3-2-6-13(14)8-4-10-17/h2-3,6-7,15H,5,9-12,17H2,1H3. The summed E-state index contributed by atoms with van der Waals surface area (Å²) in [6.45, 7) is 0.952. The zero-order chi connectivity index (χ0) is 14.4. The van der Waals surface area contributed by atoms with Crippen molar-refractivity contribution in [3.8, 4) is 11.8 Å². The third-order valence-corrected chi connectivity index (χ3v) is 4.70. The lowest BCUT2D eigenvalue weighted by atomic mass is 10.1. The summed E-state index contributed by atoms with van der Waals surface area (Å²) in [7, 11) is 1.87. The highest BCUT2D eigenvalue weighted by atomic mass is 32.2. The van der Waals surface area contributed by atoms with E-state index in [1.54, 1.807) is 11.8 Å². The van der Waals surface area contributed by atoms with E-state index in [4.69, 9.17) is 5.73 Å². The van der Waals surface area contributed by atoms with E-state index in [1.807, 2.05) is 36.2 Å². The van der Waals surface area contributed by atoms with Crippen LogP contribution in [-0.4, -0.2) is 35.4 Å². The average molecular weight is 288 g/mol. The van der Waals surface area contributed by atoms with Crippen molar-refractivity contribution in [3.63, 3.8) is 0 Å². The van der Waals surface area contributed by atoms with Crippen LogP contribution in [0.5, 0.6) is 0 Å². The summed E-state index contributed by atoms with van der Waals surface area (Å²) in [4.78, 5) is 14.1. The highest BCUT2D eigenvalue weighted by Crippen LogP contribution is 2.27. The summed E-state index contributed by atoms with van der Waals surface area (Å²) < 4.78 is 0. The fraction of sp³-hybridized carbons (Fsp3) is 0.438. The molecule has 0 spiro atoms. The van der Waals surface area contributed by atoms with Crippen LogP contribution in [0.1, 0.15) is 24.0 Å². The fourth-order valence-corrected chi connectivity index (χ4v) is 3.55. The van der Waals surface area contributed by atoms with Crippen molar-refractivity contribution in [1.29, 1.82) is 0 Å². The molecule has 3 nitrogen and oxygen atoms in total. The minimum atomic E-state index is 0.141. The van der Waals surface area contributed by atoms with Crippen LogP contribution >= 0.6 is 11.8 Å². The minimum Gasteiger partial charge on any atom is -0.340 e. The second-order valence-corrected chi connectivity index (χ2v) is 6.17. The average Bonchev–Trinajstić information content (AvgIpc) is 2.99. The first kappa shape index (κ1) is 15.0. The number of hydrogen-bond donors (Lipinski definition) is 1. The van der Waals surface area contributed by atoms with Gasteiger partial charge in [-0.3, -0.25) is 4.79 Å². The predicted octanol–water partition coefficient (Wildman–Crippen LogP) is 1.85. The normalized spacial score (nSPS) is 17.4. The van der Waals surface area contributed by atoms with E-state index in [9.17, 15) is 4.79 Å². The molecule has 1 heterocycles. The van der Waals surface area contributed by atoms with Gasteiger partial charge in [-0.15, -0.1) is 11.8 Å². The molecule has 1 unspecified atom stereocenters. The van der Waals surface area contributed by atoms with Gasteiger partial charge in [-0.1, -0.05) is 30.0 Å². The molecule has 0 radical (unpaired) electrons. The Morgan fingerprint density at radius 3 is 3.00 bits per heavy atom. The van der Waals surface area contributed by atoms with Gasteiger partial charge in [0.2, 0.25) is 5.91 Å². The first-order valence-electron chi connectivity index (χ1n) is 6.86. The topological polar surface area (TPSA) is 46.3 Å². The lowest BCUT2D eigenvalue weighted by Crippen LogP contribution is -2.33. The van der Waals surface area contributed by atoms with Crippen LogP contribution in [0.4, 0.5) is 0 Å². The van der Waals surface area contributed by atoms with E-state index in [0.717, 1.165) is 29.7 Å². The van der Waals surface area contributed by atoms with Gasteiger partial charge in [0.05, 0.1) is 11.8 Å². The van der Waals surface area contributed by atoms with Gasteiger partial charge in [-0.25, -0.2) is 0 Å². The van der Waals surface area contributed by atoms with Crippen LogP contribution in [0.25, 0.3) is 0 Å². The Morgan fingerprint density at radius 1 is 1.50 bits per heavy atom. The zero-order valence-electron chi connectivity index (χ0n) is 11.8. The molecule has 2 rings (SSSR count). The Bertz CT molecular complexity index is 527. The van der Waals surface area contributed by atoms with Gasteiger partial charge in [0.15, 0.2) is 0 Å². The van der Waals surface area contributed by atoms with Crippen molar-refractivity contribution in [2.24, 2.45) is 5.73 Å². The summed E-state index contributed by atoms with van der Waals surface area (Å²) in [6.07, 6.45) is 2.15. The first-order chi connectivity index (χ1) is 9.72. The molecule has 1 aromatic rings. The molecule has 1 atom stereocenters. The van der Waals surface area contributed by atoms with E-state index in [1.165, 1.54) is 0 Å². The minimum absolute atomic E-state index is 0.141. The molecule has 0 bridgehead atoms. The summed E-state index contributed by atoms with van der Waals surface area (Å²) >= 11 is 1.77. The maximum atomic E-state index is 12.3. The quantitative estimate of drug-likeness (QED) is 0.864. The van der Waals surface area contributed by atoms with Gasteiger partial charge in [-0.05, 0) is 30.2 Å². The number of nitrogens with two attached hydrogens (primary N) is 1. The van der Waals surface area contributed by atoms with Gasteiger partial charge < -0.3 is 10.6 Å². The van der Waals surface area contributed by atoms with Gasteiger partial charge in [0, 0.05) is 19.2 Å². The highest BCUT2D eigenvalue weighted by Gasteiger charge is 2.26. The van der Waals surface area contributed by atoms with E-state index >= 15 is 0 Å². The molecule has 106 valence electrons. The Kier molecular flexibility index (Phi) is 5.51. The molecular weight excluding hydrogens is 268 g/mol. The third-order valence-electron chi connectivity index (χ3n) is 3.33. The molecule has 1 aromatic carbocycles. The van der Waals surface area contributed by atoms with Crippen LogP contribution in [0.15, 0.2) is 24.3 Å². The summed E-state index contributed by atoms with van der Waals surface area (Å²) in [6, 6.07) is 7.93. The molecule has 0 aliphatic carbocycles. The van der Waals surface area contributed by atoms with Crippen LogP contribution in [0, 0.1) is 11.8 Å². The lowest BCUT2D eigenvalue weighted by molar-refractivity contribution is -0.129. The molecular formula is C16H20N2OS. The van der Waals surface area contributed by atoms with E-state index in [2.05, 4.69) is 11.8 Å². The summed E-state index contributed by atoms with van der Waals surface area (Å²) in [5.41, 5.74) is 7.45. The predicted molar refractivity (Wildman–Crippen MR) is 84.3 cm³/mol. The number of rotatable bonds is 3. The van der Waals surface area contributed by atoms with Crippen LogP contribution in [0.2, 0.25) is 0 Å². The molecule has 1 amide bonds. The highest BCUT2D eigenvalue weighted by molar-refractivity contribution is 8.00. The van der Waals surface area contributed by atoms with E-state index in [-0.39, 0.29) is 11.2 Å². The van der Waals surface area contributed by atoms with Crippen molar-refractivity contribution >= 4 is 17.7 Å². The van der Waals surface area contributed by atoms with Gasteiger partial charge in [0.1, 0.15) is 0 Å². The SMILES string of the molecule is CN(Cc1ccccc1C#CCN)C(=O)C1CCCS1. The molecule has 1 fully saturated rings. The zero-order valence-corrected chi connectivity index (χ0v) is 12.6. The van der Waals surface area contributed by atoms with Gasteiger partial charge in [0.25, 0.3) is 0 Å². The number of carbonyl (C=O) groups is 1. The van der Waals surface area contributed by atoms with Gasteiger partial charge >= 0.3 is 0 Å². The molecule has 20 heavy (non-hydrogen) atoms. The molecule has 1 aliphatic rings. The van der Waals surface area contributed by atoms with Crippen molar-refractivity contribution in [2.45, 2.75) is 24.6 Å². The lowest BCUT2D eigenvalue weighted by Gasteiger charge is -2.21. The number of carbonyl (C=O) groups excluding carboxylic acids is 1. The Balaban J connectivity index is 2.07. The number of amides is 1. The maximum absolute atomic E-state index is 12.3. The Morgan fingerprint density at radius 2 is 2.30 bits per heavy atom. The van der Waals surface area contributed by atoms with Gasteiger partial charge in [-0.2, -0.15) is 0 Å². The molecule has 0 aromatic heterocycles. The largest absolute Gasteiger partial charge is 0.340 e. The molecule has 0 saturated carbocycles. The van der Waals surface area contributed by atoms with Crippen molar-refractivity contribution in [3.05, 3.63) is 35.4 Å². The maximum Gasteiger partial charge on any atom is 0.235 e. The van der Waals surface area contributed by atoms with Crippen molar-refractivity contribution in [1.82, 2.24) is 4.90 Å². The first-order valence-corrected chi connectivity index (χ1v) is 7.90. The van der Waals surface area contributed by atoms with E-state index < -0.39 is 0 Å².